The van der Waals surface area contributed by atoms with Crippen molar-refractivity contribution in [3.63, 3.8) is 0 Å². The highest BCUT2D eigenvalue weighted by Crippen LogP contribution is 2.21. The molecule has 2 fully saturated rings. The fourth-order valence-electron chi connectivity index (χ4n) is 3.34. The third-order valence-corrected chi connectivity index (χ3v) is 4.75. The Hall–Kier alpha value is -1.67. The number of rotatable bonds is 6. The van der Waals surface area contributed by atoms with Gasteiger partial charge in [-0.2, -0.15) is 0 Å². The zero-order valence-electron chi connectivity index (χ0n) is 14.1. The number of nitrogens with zero attached hydrogens (tertiary/aromatic N) is 3. The second kappa shape index (κ2) is 7.94. The summed E-state index contributed by atoms with van der Waals surface area (Å²) in [6.45, 7) is 2.71. The van der Waals surface area contributed by atoms with Crippen molar-refractivity contribution in [3.8, 4) is 0 Å². The van der Waals surface area contributed by atoms with Gasteiger partial charge in [-0.25, -0.2) is 14.2 Å². The predicted octanol–water partition coefficient (Wildman–Crippen LogP) is 0.811. The van der Waals surface area contributed by atoms with Gasteiger partial charge in [0, 0.05) is 51.7 Å². The van der Waals surface area contributed by atoms with Crippen molar-refractivity contribution in [1.82, 2.24) is 25.1 Å². The van der Waals surface area contributed by atoms with Crippen LogP contribution in [-0.4, -0.2) is 65.0 Å². The van der Waals surface area contributed by atoms with E-state index in [2.05, 4.69) is 15.6 Å². The topological polar surface area (TPSA) is 71.4 Å². The summed E-state index contributed by atoms with van der Waals surface area (Å²) in [6.07, 6.45) is 5.37. The van der Waals surface area contributed by atoms with Crippen LogP contribution in [-0.2, 0) is 18.3 Å². The first-order valence-electron chi connectivity index (χ1n) is 8.59. The van der Waals surface area contributed by atoms with E-state index >= 15 is 0 Å². The highest BCUT2D eigenvalue weighted by Gasteiger charge is 2.32. The van der Waals surface area contributed by atoms with E-state index in [0.717, 1.165) is 25.3 Å². The molecule has 3 atom stereocenters. The normalized spacial score (nSPS) is 27.5. The van der Waals surface area contributed by atoms with Gasteiger partial charge in [-0.05, 0) is 19.3 Å². The molecule has 2 aliphatic heterocycles. The molecule has 0 spiro atoms. The lowest BCUT2D eigenvalue weighted by Crippen LogP contribution is -2.45. The lowest BCUT2D eigenvalue weighted by atomic mass is 10.2. The lowest BCUT2D eigenvalue weighted by molar-refractivity contribution is 0.111. The highest BCUT2D eigenvalue weighted by atomic mass is 19.1. The van der Waals surface area contributed by atoms with Gasteiger partial charge >= 0.3 is 6.03 Å². The molecule has 0 radical (unpaired) electrons. The molecule has 0 saturated carbocycles. The molecule has 7 nitrogen and oxygen atoms in total. The van der Waals surface area contributed by atoms with Crippen LogP contribution in [0.1, 0.15) is 25.1 Å². The molecule has 134 valence electrons. The van der Waals surface area contributed by atoms with Crippen molar-refractivity contribution < 1.29 is 13.9 Å². The van der Waals surface area contributed by atoms with E-state index in [1.807, 2.05) is 22.7 Å². The van der Waals surface area contributed by atoms with E-state index in [-0.39, 0.29) is 18.2 Å². The van der Waals surface area contributed by atoms with Gasteiger partial charge in [0.2, 0.25) is 0 Å². The first-order chi connectivity index (χ1) is 11.6. The van der Waals surface area contributed by atoms with E-state index in [1.54, 1.807) is 6.20 Å². The number of nitrogens with one attached hydrogen (secondary N) is 2. The van der Waals surface area contributed by atoms with Gasteiger partial charge in [0.15, 0.2) is 0 Å². The quantitative estimate of drug-likeness (QED) is 0.805. The molecule has 1 aromatic heterocycles. The smallest absolute Gasteiger partial charge is 0.314 e. The molecule has 2 N–H and O–H groups in total. The third kappa shape index (κ3) is 4.45. The summed E-state index contributed by atoms with van der Waals surface area (Å²) in [5.41, 5.74) is 0. The van der Waals surface area contributed by atoms with Crippen molar-refractivity contribution >= 4 is 6.03 Å². The molecule has 3 rings (SSSR count). The molecule has 2 aliphatic rings. The number of halogens is 1. The molecule has 2 saturated heterocycles. The number of carbonyl (C=O) groups is 1. The van der Waals surface area contributed by atoms with Crippen LogP contribution in [0.5, 0.6) is 0 Å². The maximum Gasteiger partial charge on any atom is 0.314 e. The Balaban J connectivity index is 1.44. The van der Waals surface area contributed by atoms with E-state index in [1.165, 1.54) is 0 Å². The van der Waals surface area contributed by atoms with Gasteiger partial charge in [-0.15, -0.1) is 0 Å². The minimum atomic E-state index is -0.855. The minimum absolute atomic E-state index is 0.00909. The fourth-order valence-corrected chi connectivity index (χ4v) is 3.34. The van der Waals surface area contributed by atoms with Crippen LogP contribution in [0.3, 0.4) is 0 Å². The summed E-state index contributed by atoms with van der Waals surface area (Å²) < 4.78 is 21.2. The van der Waals surface area contributed by atoms with E-state index in [9.17, 15) is 9.18 Å². The Bertz CT molecular complexity index is 546. The summed E-state index contributed by atoms with van der Waals surface area (Å²) in [5, 5.41) is 5.68. The Labute approximate surface area is 141 Å². The number of hydrogen-bond donors (Lipinski definition) is 2. The molecule has 8 heteroatoms. The van der Waals surface area contributed by atoms with Crippen molar-refractivity contribution in [2.24, 2.45) is 7.05 Å². The SMILES string of the molecule is Cn1ccnc1CN1C[C@@H](F)C[C@H]1CNC(=O)NC[C@H]1CCCO1. The van der Waals surface area contributed by atoms with Crippen molar-refractivity contribution in [3.05, 3.63) is 18.2 Å². The molecule has 2 amide bonds. The first kappa shape index (κ1) is 17.2. The molecular weight excluding hydrogens is 313 g/mol. The summed E-state index contributed by atoms with van der Waals surface area (Å²) in [7, 11) is 1.93. The number of hydrogen-bond acceptors (Lipinski definition) is 4. The molecule has 1 aromatic rings. The van der Waals surface area contributed by atoms with Gasteiger partial charge < -0.3 is 19.9 Å². The highest BCUT2D eigenvalue weighted by molar-refractivity contribution is 5.73. The van der Waals surface area contributed by atoms with Crippen molar-refractivity contribution in [2.75, 3.05) is 26.2 Å². The zero-order valence-corrected chi connectivity index (χ0v) is 14.1. The largest absolute Gasteiger partial charge is 0.376 e. The average molecular weight is 339 g/mol. The summed E-state index contributed by atoms with van der Waals surface area (Å²) in [6, 6.07) is -0.227. The Morgan fingerprint density at radius 3 is 3.00 bits per heavy atom. The Morgan fingerprint density at radius 2 is 2.29 bits per heavy atom. The maximum atomic E-state index is 13.8. The van der Waals surface area contributed by atoms with Crippen LogP contribution in [0.15, 0.2) is 12.4 Å². The molecule has 0 unspecified atom stereocenters. The molecule has 3 heterocycles. The predicted molar refractivity (Wildman–Crippen MR) is 87.3 cm³/mol. The molecule has 0 aromatic carbocycles. The summed E-state index contributed by atoms with van der Waals surface area (Å²) in [5.74, 6) is 0.900. The number of imidazole rings is 1. The standard InChI is InChI=1S/C16H26FN5O2/c1-21-5-4-18-15(21)11-22-10-12(17)7-13(22)8-19-16(23)20-9-14-3-2-6-24-14/h4-5,12-14H,2-3,6-11H2,1H3,(H2,19,20,23)/t12-,13-,14+/m0/s1. The van der Waals surface area contributed by atoms with Crippen LogP contribution in [0.4, 0.5) is 9.18 Å². The van der Waals surface area contributed by atoms with Crippen LogP contribution in [0.25, 0.3) is 0 Å². The van der Waals surface area contributed by atoms with Gasteiger partial charge in [0.25, 0.3) is 0 Å². The fraction of sp³-hybridized carbons (Fsp3) is 0.750. The van der Waals surface area contributed by atoms with Crippen molar-refractivity contribution in [1.29, 1.82) is 0 Å². The van der Waals surface area contributed by atoms with Gasteiger partial charge in [-0.1, -0.05) is 0 Å². The van der Waals surface area contributed by atoms with Crippen LogP contribution in [0, 0.1) is 0 Å². The summed E-state index contributed by atoms with van der Waals surface area (Å²) in [4.78, 5) is 18.3. The number of alkyl halides is 1. The Kier molecular flexibility index (Phi) is 5.68. The number of amides is 2. The van der Waals surface area contributed by atoms with E-state index in [4.69, 9.17) is 4.74 Å². The molecule has 24 heavy (non-hydrogen) atoms. The van der Waals surface area contributed by atoms with Gasteiger partial charge in [-0.3, -0.25) is 4.90 Å². The van der Waals surface area contributed by atoms with Crippen LogP contribution in [0.2, 0.25) is 0 Å². The lowest BCUT2D eigenvalue weighted by Gasteiger charge is -2.24. The third-order valence-electron chi connectivity index (χ3n) is 4.75. The second-order valence-corrected chi connectivity index (χ2v) is 6.60. The molecule has 0 aliphatic carbocycles. The van der Waals surface area contributed by atoms with Crippen LogP contribution >= 0.6 is 0 Å². The molecular formula is C16H26FN5O2. The summed E-state index contributed by atoms with van der Waals surface area (Å²) >= 11 is 0. The van der Waals surface area contributed by atoms with Gasteiger partial charge in [0.1, 0.15) is 12.0 Å². The molecule has 0 bridgehead atoms. The van der Waals surface area contributed by atoms with E-state index < -0.39 is 6.17 Å². The zero-order chi connectivity index (χ0) is 16.9. The monoisotopic (exact) mass is 339 g/mol. The number of carbonyl (C=O) groups excluding carboxylic acids is 1. The number of urea groups is 1. The maximum absolute atomic E-state index is 13.8. The van der Waals surface area contributed by atoms with Crippen molar-refractivity contribution in [2.45, 2.75) is 44.1 Å². The average Bonchev–Trinajstić information content (AvgIpc) is 3.27. The number of aryl methyl sites for hydroxylation is 1. The number of aromatic nitrogens is 2. The van der Waals surface area contributed by atoms with E-state index in [0.29, 0.717) is 32.6 Å². The van der Waals surface area contributed by atoms with Gasteiger partial charge in [0.05, 0.1) is 12.6 Å². The van der Waals surface area contributed by atoms with Crippen LogP contribution < -0.4 is 10.6 Å². The minimum Gasteiger partial charge on any atom is -0.376 e. The number of ether oxygens (including phenoxy) is 1. The number of likely N-dealkylation sites (tertiary alicyclic amines) is 1. The second-order valence-electron chi connectivity index (χ2n) is 6.60. The first-order valence-corrected chi connectivity index (χ1v) is 8.59. The Morgan fingerprint density at radius 1 is 1.46 bits per heavy atom.